The SMILES string of the molecule is CCCOc1ccc(C(=O)/C=C/c2cc(C(C)(C)C)c(OCC)cc2OCC)cc1. The Morgan fingerprint density at radius 3 is 2.10 bits per heavy atom. The molecule has 4 heteroatoms. The molecule has 0 aliphatic heterocycles. The lowest BCUT2D eigenvalue weighted by molar-refractivity contribution is 0.104. The molecule has 162 valence electrons. The molecule has 0 heterocycles. The molecule has 0 atom stereocenters. The van der Waals surface area contributed by atoms with Gasteiger partial charge in [-0.3, -0.25) is 4.79 Å². The molecule has 0 saturated heterocycles. The Hall–Kier alpha value is -2.75. The zero-order valence-electron chi connectivity index (χ0n) is 19.1. The van der Waals surface area contributed by atoms with Gasteiger partial charge in [-0.25, -0.2) is 0 Å². The molecule has 0 aromatic heterocycles. The highest BCUT2D eigenvalue weighted by Crippen LogP contribution is 2.37. The maximum atomic E-state index is 12.7. The lowest BCUT2D eigenvalue weighted by Crippen LogP contribution is -2.14. The van der Waals surface area contributed by atoms with Crippen molar-refractivity contribution >= 4 is 11.9 Å². The van der Waals surface area contributed by atoms with Gasteiger partial charge < -0.3 is 14.2 Å². The summed E-state index contributed by atoms with van der Waals surface area (Å²) in [5.74, 6) is 2.24. The van der Waals surface area contributed by atoms with Crippen LogP contribution in [0.3, 0.4) is 0 Å². The van der Waals surface area contributed by atoms with Crippen molar-refractivity contribution in [2.45, 2.75) is 53.4 Å². The molecule has 0 radical (unpaired) electrons. The molecule has 0 unspecified atom stereocenters. The molecule has 0 aliphatic rings. The molecule has 0 aliphatic carbocycles. The van der Waals surface area contributed by atoms with Gasteiger partial charge in [0.15, 0.2) is 5.78 Å². The van der Waals surface area contributed by atoms with E-state index < -0.39 is 0 Å². The van der Waals surface area contributed by atoms with Gasteiger partial charge in [0, 0.05) is 22.8 Å². The number of carbonyl (C=O) groups is 1. The monoisotopic (exact) mass is 410 g/mol. The fraction of sp³-hybridized carbons (Fsp3) is 0.423. The van der Waals surface area contributed by atoms with Crippen molar-refractivity contribution in [3.8, 4) is 17.2 Å². The van der Waals surface area contributed by atoms with Gasteiger partial charge in [0.1, 0.15) is 17.2 Å². The van der Waals surface area contributed by atoms with Crippen LogP contribution in [0.15, 0.2) is 42.5 Å². The molecular weight excluding hydrogens is 376 g/mol. The molecule has 2 aromatic carbocycles. The quantitative estimate of drug-likeness (QED) is 0.333. The van der Waals surface area contributed by atoms with Gasteiger partial charge in [-0.2, -0.15) is 0 Å². The molecule has 4 nitrogen and oxygen atoms in total. The molecule has 30 heavy (non-hydrogen) atoms. The summed E-state index contributed by atoms with van der Waals surface area (Å²) in [5.41, 5.74) is 2.46. The highest BCUT2D eigenvalue weighted by Gasteiger charge is 2.21. The van der Waals surface area contributed by atoms with Crippen LogP contribution < -0.4 is 14.2 Å². The van der Waals surface area contributed by atoms with E-state index in [0.717, 1.165) is 29.0 Å². The van der Waals surface area contributed by atoms with Gasteiger partial charge in [-0.15, -0.1) is 0 Å². The third kappa shape index (κ3) is 6.38. The fourth-order valence-electron chi connectivity index (χ4n) is 3.05. The first-order valence-corrected chi connectivity index (χ1v) is 10.7. The van der Waals surface area contributed by atoms with Crippen LogP contribution in [0.4, 0.5) is 0 Å². The van der Waals surface area contributed by atoms with E-state index >= 15 is 0 Å². The Labute approximate surface area is 180 Å². The lowest BCUT2D eigenvalue weighted by Gasteiger charge is -2.24. The Morgan fingerprint density at radius 1 is 0.900 bits per heavy atom. The molecule has 0 bridgehead atoms. The van der Waals surface area contributed by atoms with E-state index in [2.05, 4.69) is 33.8 Å². The van der Waals surface area contributed by atoms with Gasteiger partial charge in [0.25, 0.3) is 0 Å². The Bertz CT molecular complexity index is 858. The first-order valence-electron chi connectivity index (χ1n) is 10.7. The summed E-state index contributed by atoms with van der Waals surface area (Å²) in [7, 11) is 0. The summed E-state index contributed by atoms with van der Waals surface area (Å²) >= 11 is 0. The lowest BCUT2D eigenvalue weighted by atomic mass is 9.85. The van der Waals surface area contributed by atoms with Crippen molar-refractivity contribution in [3.63, 3.8) is 0 Å². The average Bonchev–Trinajstić information content (AvgIpc) is 2.71. The van der Waals surface area contributed by atoms with Crippen LogP contribution in [0, 0.1) is 0 Å². The van der Waals surface area contributed by atoms with Crippen LogP contribution >= 0.6 is 0 Å². The second-order valence-electron chi connectivity index (χ2n) is 8.07. The highest BCUT2D eigenvalue weighted by molar-refractivity contribution is 6.07. The predicted molar refractivity (Wildman–Crippen MR) is 123 cm³/mol. The highest BCUT2D eigenvalue weighted by atomic mass is 16.5. The fourth-order valence-corrected chi connectivity index (χ4v) is 3.05. The molecule has 0 saturated carbocycles. The number of hydrogen-bond acceptors (Lipinski definition) is 4. The number of hydrogen-bond donors (Lipinski definition) is 0. The zero-order chi connectivity index (χ0) is 22.1. The Kier molecular flexibility index (Phi) is 8.52. The first kappa shape index (κ1) is 23.5. The number of carbonyl (C=O) groups excluding carboxylic acids is 1. The van der Waals surface area contributed by atoms with Crippen molar-refractivity contribution < 1.29 is 19.0 Å². The van der Waals surface area contributed by atoms with E-state index in [4.69, 9.17) is 14.2 Å². The van der Waals surface area contributed by atoms with Crippen molar-refractivity contribution in [1.29, 1.82) is 0 Å². The van der Waals surface area contributed by atoms with Gasteiger partial charge in [0.05, 0.1) is 19.8 Å². The summed E-state index contributed by atoms with van der Waals surface area (Å²) in [6, 6.07) is 11.2. The summed E-state index contributed by atoms with van der Waals surface area (Å²) in [4.78, 5) is 12.7. The molecule has 2 rings (SSSR count). The number of ketones is 1. The van der Waals surface area contributed by atoms with Crippen LogP contribution in [-0.2, 0) is 5.41 Å². The van der Waals surface area contributed by atoms with E-state index in [1.165, 1.54) is 0 Å². The summed E-state index contributed by atoms with van der Waals surface area (Å²) in [6.45, 7) is 14.2. The summed E-state index contributed by atoms with van der Waals surface area (Å²) < 4.78 is 17.3. The molecule has 0 amide bonds. The van der Waals surface area contributed by atoms with Gasteiger partial charge in [-0.05, 0) is 68.2 Å². The minimum atomic E-state index is -0.101. The first-order chi connectivity index (χ1) is 14.3. The molecule has 0 spiro atoms. The normalized spacial score (nSPS) is 11.5. The predicted octanol–water partition coefficient (Wildman–Crippen LogP) is 6.47. The third-order valence-corrected chi connectivity index (χ3v) is 4.55. The van der Waals surface area contributed by atoms with E-state index in [1.54, 1.807) is 18.2 Å². The molecular formula is C26H34O4. The maximum absolute atomic E-state index is 12.7. The van der Waals surface area contributed by atoms with E-state index in [9.17, 15) is 4.79 Å². The van der Waals surface area contributed by atoms with Crippen molar-refractivity contribution in [2.75, 3.05) is 19.8 Å². The van der Waals surface area contributed by atoms with Gasteiger partial charge >= 0.3 is 0 Å². The topological polar surface area (TPSA) is 44.8 Å². The molecule has 0 N–H and O–H groups in total. The largest absolute Gasteiger partial charge is 0.494 e. The maximum Gasteiger partial charge on any atom is 0.185 e. The standard InChI is InChI=1S/C26H34O4/c1-7-16-30-21-13-10-19(11-14-21)23(27)15-12-20-17-22(26(4,5)6)25(29-9-3)18-24(20)28-8-2/h10-15,17-18H,7-9,16H2,1-6H3/b15-12+. The summed E-state index contributed by atoms with van der Waals surface area (Å²) in [5, 5.41) is 0. The van der Waals surface area contributed by atoms with Gasteiger partial charge in [-0.1, -0.05) is 27.7 Å². The minimum Gasteiger partial charge on any atom is -0.494 e. The smallest absolute Gasteiger partial charge is 0.185 e. The van der Waals surface area contributed by atoms with Crippen molar-refractivity contribution in [3.05, 3.63) is 59.2 Å². The van der Waals surface area contributed by atoms with Crippen LogP contribution in [0.2, 0.25) is 0 Å². The number of ether oxygens (including phenoxy) is 3. The average molecular weight is 411 g/mol. The van der Waals surface area contributed by atoms with Crippen LogP contribution in [0.1, 0.15) is 69.4 Å². The number of benzene rings is 2. The Morgan fingerprint density at radius 2 is 1.53 bits per heavy atom. The third-order valence-electron chi connectivity index (χ3n) is 4.55. The number of rotatable bonds is 10. The van der Waals surface area contributed by atoms with E-state index in [1.807, 2.05) is 38.1 Å². The second-order valence-corrected chi connectivity index (χ2v) is 8.07. The van der Waals surface area contributed by atoms with Gasteiger partial charge in [0.2, 0.25) is 0 Å². The van der Waals surface area contributed by atoms with Crippen LogP contribution in [-0.4, -0.2) is 25.6 Å². The minimum absolute atomic E-state index is 0.0642. The molecule has 2 aromatic rings. The summed E-state index contributed by atoms with van der Waals surface area (Å²) in [6.07, 6.45) is 4.36. The van der Waals surface area contributed by atoms with Crippen LogP contribution in [0.25, 0.3) is 6.08 Å². The zero-order valence-corrected chi connectivity index (χ0v) is 19.1. The van der Waals surface area contributed by atoms with Crippen molar-refractivity contribution in [1.82, 2.24) is 0 Å². The number of allylic oxidation sites excluding steroid dienone is 1. The van der Waals surface area contributed by atoms with Crippen LogP contribution in [0.5, 0.6) is 17.2 Å². The second kappa shape index (κ2) is 10.9. The van der Waals surface area contributed by atoms with Crippen molar-refractivity contribution in [2.24, 2.45) is 0 Å². The molecule has 0 fully saturated rings. The Balaban J connectivity index is 2.32. The van der Waals surface area contributed by atoms with E-state index in [0.29, 0.717) is 31.1 Å². The van der Waals surface area contributed by atoms with E-state index in [-0.39, 0.29) is 11.2 Å².